The molecule has 0 spiro atoms. The zero-order valence-electron chi connectivity index (χ0n) is 15.9. The van der Waals surface area contributed by atoms with Gasteiger partial charge in [-0.2, -0.15) is 5.10 Å². The van der Waals surface area contributed by atoms with E-state index < -0.39 is 0 Å². The maximum atomic E-state index is 12.8. The van der Waals surface area contributed by atoms with E-state index in [0.29, 0.717) is 23.3 Å². The second-order valence-electron chi connectivity index (χ2n) is 7.55. The van der Waals surface area contributed by atoms with E-state index in [9.17, 15) is 4.79 Å². The number of rotatable bonds is 5. The summed E-state index contributed by atoms with van der Waals surface area (Å²) in [6, 6.07) is 7.98. The van der Waals surface area contributed by atoms with Gasteiger partial charge >= 0.3 is 0 Å². The smallest absolute Gasteiger partial charge is 0.251 e. The van der Waals surface area contributed by atoms with Crippen molar-refractivity contribution in [1.82, 2.24) is 20.0 Å². The van der Waals surface area contributed by atoms with E-state index >= 15 is 0 Å². The molecule has 3 heterocycles. The van der Waals surface area contributed by atoms with Gasteiger partial charge in [-0.1, -0.05) is 6.42 Å². The lowest BCUT2D eigenvalue weighted by molar-refractivity contribution is 0.0575. The molecule has 6 heteroatoms. The SMILES string of the molecule is COc1ccc(C(=O)NC[C@@H]2CCCN3CCCC[C@H]23)cc1-n1cccn1. The molecule has 0 saturated carbocycles. The lowest BCUT2D eigenvalue weighted by atomic mass is 9.83. The Bertz CT molecular complexity index is 772. The van der Waals surface area contributed by atoms with Gasteiger partial charge in [0.25, 0.3) is 5.91 Å². The number of carbonyl (C=O) groups excluding carboxylic acids is 1. The molecule has 0 unspecified atom stereocenters. The molecule has 2 saturated heterocycles. The highest BCUT2D eigenvalue weighted by atomic mass is 16.5. The number of aromatic nitrogens is 2. The van der Waals surface area contributed by atoms with Crippen LogP contribution in [0.1, 0.15) is 42.5 Å². The van der Waals surface area contributed by atoms with Gasteiger partial charge in [-0.05, 0) is 69.0 Å². The number of benzene rings is 1. The van der Waals surface area contributed by atoms with Crippen LogP contribution >= 0.6 is 0 Å². The van der Waals surface area contributed by atoms with Crippen LogP contribution < -0.4 is 10.1 Å². The van der Waals surface area contributed by atoms with E-state index in [1.807, 2.05) is 30.5 Å². The summed E-state index contributed by atoms with van der Waals surface area (Å²) in [6.07, 6.45) is 9.91. The quantitative estimate of drug-likeness (QED) is 0.882. The van der Waals surface area contributed by atoms with Gasteiger partial charge in [0, 0.05) is 30.5 Å². The van der Waals surface area contributed by atoms with Crippen molar-refractivity contribution in [2.75, 3.05) is 26.7 Å². The number of nitrogens with zero attached hydrogens (tertiary/aromatic N) is 3. The fourth-order valence-electron chi connectivity index (χ4n) is 4.56. The first-order valence-electron chi connectivity index (χ1n) is 9.96. The predicted molar refractivity (Wildman–Crippen MR) is 104 cm³/mol. The van der Waals surface area contributed by atoms with Gasteiger partial charge in [0.2, 0.25) is 0 Å². The van der Waals surface area contributed by atoms with Crippen molar-refractivity contribution in [3.05, 3.63) is 42.2 Å². The van der Waals surface area contributed by atoms with Crippen LogP contribution in [0.2, 0.25) is 0 Å². The van der Waals surface area contributed by atoms with Gasteiger partial charge < -0.3 is 15.0 Å². The number of piperidine rings is 2. The molecular weight excluding hydrogens is 340 g/mol. The number of hydrogen-bond donors (Lipinski definition) is 1. The van der Waals surface area contributed by atoms with Crippen molar-refractivity contribution in [3.8, 4) is 11.4 Å². The summed E-state index contributed by atoms with van der Waals surface area (Å²) in [4.78, 5) is 15.4. The number of ether oxygens (including phenoxy) is 1. The monoisotopic (exact) mass is 368 g/mol. The molecule has 1 aromatic carbocycles. The summed E-state index contributed by atoms with van der Waals surface area (Å²) in [5.41, 5.74) is 1.41. The van der Waals surface area contributed by atoms with Crippen LogP contribution in [0.4, 0.5) is 0 Å². The molecule has 2 aliphatic rings. The van der Waals surface area contributed by atoms with Gasteiger partial charge in [-0.3, -0.25) is 4.79 Å². The van der Waals surface area contributed by atoms with Gasteiger partial charge in [-0.15, -0.1) is 0 Å². The summed E-state index contributed by atoms with van der Waals surface area (Å²) in [5.74, 6) is 1.23. The third-order valence-corrected chi connectivity index (χ3v) is 5.95. The molecule has 0 aliphatic carbocycles. The summed E-state index contributed by atoms with van der Waals surface area (Å²) < 4.78 is 7.14. The van der Waals surface area contributed by atoms with Crippen LogP contribution in [0, 0.1) is 5.92 Å². The second kappa shape index (κ2) is 8.13. The number of methoxy groups -OCH3 is 1. The maximum Gasteiger partial charge on any atom is 0.251 e. The molecule has 1 amide bonds. The molecule has 144 valence electrons. The Labute approximate surface area is 160 Å². The Kier molecular flexibility index (Phi) is 5.43. The Hall–Kier alpha value is -2.34. The van der Waals surface area contributed by atoms with E-state index in [2.05, 4.69) is 15.3 Å². The third-order valence-electron chi connectivity index (χ3n) is 5.95. The zero-order valence-corrected chi connectivity index (χ0v) is 15.9. The minimum Gasteiger partial charge on any atom is -0.494 e. The Balaban J connectivity index is 1.44. The molecule has 1 aromatic heterocycles. The average Bonchev–Trinajstić information content (AvgIpc) is 3.26. The van der Waals surface area contributed by atoms with Crippen molar-refractivity contribution >= 4 is 5.91 Å². The first-order chi connectivity index (χ1) is 13.3. The fourth-order valence-corrected chi connectivity index (χ4v) is 4.56. The van der Waals surface area contributed by atoms with Crippen molar-refractivity contribution in [2.45, 2.75) is 38.1 Å². The van der Waals surface area contributed by atoms with E-state index in [4.69, 9.17) is 4.74 Å². The van der Waals surface area contributed by atoms with E-state index in [1.165, 1.54) is 45.2 Å². The zero-order chi connectivity index (χ0) is 18.6. The van der Waals surface area contributed by atoms with Crippen LogP contribution in [0.25, 0.3) is 5.69 Å². The molecule has 2 fully saturated rings. The molecule has 1 N–H and O–H groups in total. The first kappa shape index (κ1) is 18.0. The van der Waals surface area contributed by atoms with Gasteiger partial charge in [0.15, 0.2) is 0 Å². The van der Waals surface area contributed by atoms with E-state index in [-0.39, 0.29) is 5.91 Å². The van der Waals surface area contributed by atoms with Gasteiger partial charge in [0.05, 0.1) is 7.11 Å². The summed E-state index contributed by atoms with van der Waals surface area (Å²) >= 11 is 0. The molecule has 0 bridgehead atoms. The highest BCUT2D eigenvalue weighted by molar-refractivity contribution is 5.95. The first-order valence-corrected chi connectivity index (χ1v) is 9.96. The Morgan fingerprint density at radius 2 is 2.15 bits per heavy atom. The minimum absolute atomic E-state index is 0.0287. The number of amides is 1. The summed E-state index contributed by atoms with van der Waals surface area (Å²) in [5, 5.41) is 7.44. The van der Waals surface area contributed by atoms with Crippen molar-refractivity contribution < 1.29 is 9.53 Å². The van der Waals surface area contributed by atoms with E-state index in [1.54, 1.807) is 18.0 Å². The van der Waals surface area contributed by atoms with Crippen LogP contribution in [-0.4, -0.2) is 53.4 Å². The number of nitrogens with one attached hydrogen (secondary N) is 1. The highest BCUT2D eigenvalue weighted by Gasteiger charge is 2.33. The summed E-state index contributed by atoms with van der Waals surface area (Å²) in [6.45, 7) is 3.20. The molecule has 4 rings (SSSR count). The normalized spacial score (nSPS) is 22.9. The lowest BCUT2D eigenvalue weighted by Crippen LogP contribution is -2.51. The maximum absolute atomic E-state index is 12.8. The van der Waals surface area contributed by atoms with Gasteiger partial charge in [0.1, 0.15) is 11.4 Å². The number of hydrogen-bond acceptors (Lipinski definition) is 4. The molecule has 0 radical (unpaired) electrons. The standard InChI is InChI=1S/C21H28N4O2/c1-27-20-9-8-16(14-19(20)25-13-5-10-23-25)21(26)22-15-17-6-4-12-24-11-3-2-7-18(17)24/h5,8-10,13-14,17-18H,2-4,6-7,11-12,15H2,1H3,(H,22,26)/t17-,18+/m0/s1. The second-order valence-corrected chi connectivity index (χ2v) is 7.55. The van der Waals surface area contributed by atoms with E-state index in [0.717, 1.165) is 12.2 Å². The summed E-state index contributed by atoms with van der Waals surface area (Å²) in [7, 11) is 1.63. The van der Waals surface area contributed by atoms with Crippen molar-refractivity contribution in [2.24, 2.45) is 5.92 Å². The van der Waals surface area contributed by atoms with Gasteiger partial charge in [-0.25, -0.2) is 4.68 Å². The molecule has 2 aromatic rings. The largest absolute Gasteiger partial charge is 0.494 e. The highest BCUT2D eigenvalue weighted by Crippen LogP contribution is 2.30. The average molecular weight is 368 g/mol. The molecule has 2 aliphatic heterocycles. The lowest BCUT2D eigenvalue weighted by Gasteiger charge is -2.44. The molecule has 27 heavy (non-hydrogen) atoms. The Morgan fingerprint density at radius 3 is 2.96 bits per heavy atom. The fraction of sp³-hybridized carbons (Fsp3) is 0.524. The Morgan fingerprint density at radius 1 is 1.26 bits per heavy atom. The number of carbonyl (C=O) groups is 1. The van der Waals surface area contributed by atoms with Crippen LogP contribution in [0.5, 0.6) is 5.75 Å². The molecule has 6 nitrogen and oxygen atoms in total. The molecule has 2 atom stereocenters. The van der Waals surface area contributed by atoms with Crippen LogP contribution in [0.15, 0.2) is 36.7 Å². The van der Waals surface area contributed by atoms with Crippen LogP contribution in [-0.2, 0) is 0 Å². The third kappa shape index (κ3) is 3.86. The number of fused-ring (bicyclic) bond motifs is 1. The van der Waals surface area contributed by atoms with Crippen molar-refractivity contribution in [3.63, 3.8) is 0 Å². The van der Waals surface area contributed by atoms with Crippen molar-refractivity contribution in [1.29, 1.82) is 0 Å². The molecular formula is C21H28N4O2. The predicted octanol–water partition coefficient (Wildman–Crippen LogP) is 2.88. The topological polar surface area (TPSA) is 59.4 Å². The van der Waals surface area contributed by atoms with Crippen LogP contribution in [0.3, 0.4) is 0 Å². The minimum atomic E-state index is -0.0287.